The first-order chi connectivity index (χ1) is 11.2. The van der Waals surface area contributed by atoms with Gasteiger partial charge >= 0.3 is 0 Å². The van der Waals surface area contributed by atoms with E-state index in [4.69, 9.17) is 4.74 Å². The van der Waals surface area contributed by atoms with Crippen molar-refractivity contribution >= 4 is 5.91 Å². The summed E-state index contributed by atoms with van der Waals surface area (Å²) in [5, 5.41) is 2.97. The van der Waals surface area contributed by atoms with Crippen molar-refractivity contribution in [3.8, 4) is 0 Å². The zero-order chi connectivity index (χ0) is 16.2. The molecule has 1 aromatic heterocycles. The number of hydrogen-bond donors (Lipinski definition) is 1. The van der Waals surface area contributed by atoms with E-state index in [9.17, 15) is 4.79 Å². The highest BCUT2D eigenvalue weighted by molar-refractivity contribution is 5.78. The van der Waals surface area contributed by atoms with Crippen LogP contribution in [0.3, 0.4) is 0 Å². The van der Waals surface area contributed by atoms with Crippen LogP contribution in [-0.4, -0.2) is 53.1 Å². The van der Waals surface area contributed by atoms with E-state index in [1.54, 1.807) is 12.4 Å². The van der Waals surface area contributed by atoms with Crippen molar-refractivity contribution in [2.24, 2.45) is 11.8 Å². The van der Waals surface area contributed by atoms with Crippen LogP contribution in [0.5, 0.6) is 0 Å². The first-order valence-corrected chi connectivity index (χ1v) is 8.55. The maximum Gasteiger partial charge on any atom is 0.225 e. The number of piperidine rings is 1. The van der Waals surface area contributed by atoms with Crippen LogP contribution >= 0.6 is 0 Å². The Bertz CT molecular complexity index is 534. The average molecular weight is 318 g/mol. The van der Waals surface area contributed by atoms with Gasteiger partial charge in [0.15, 0.2) is 0 Å². The van der Waals surface area contributed by atoms with Crippen molar-refractivity contribution in [3.05, 3.63) is 23.8 Å². The van der Waals surface area contributed by atoms with Crippen molar-refractivity contribution in [3.63, 3.8) is 0 Å². The third-order valence-electron chi connectivity index (χ3n) is 4.94. The number of nitrogens with zero attached hydrogens (tertiary/aromatic N) is 3. The van der Waals surface area contributed by atoms with Crippen molar-refractivity contribution in [2.45, 2.75) is 39.3 Å². The molecule has 3 rings (SSSR count). The Morgan fingerprint density at radius 2 is 2.30 bits per heavy atom. The van der Waals surface area contributed by atoms with Gasteiger partial charge in [-0.1, -0.05) is 6.92 Å². The molecule has 2 aliphatic rings. The third kappa shape index (κ3) is 4.06. The Morgan fingerprint density at radius 1 is 1.43 bits per heavy atom. The average Bonchev–Trinajstić information content (AvgIpc) is 2.60. The van der Waals surface area contributed by atoms with Gasteiger partial charge in [-0.3, -0.25) is 14.8 Å². The first kappa shape index (κ1) is 16.3. The van der Waals surface area contributed by atoms with E-state index < -0.39 is 0 Å². The number of amides is 1. The highest BCUT2D eigenvalue weighted by Gasteiger charge is 2.37. The van der Waals surface area contributed by atoms with Crippen LogP contribution in [0.2, 0.25) is 0 Å². The topological polar surface area (TPSA) is 67.3 Å². The summed E-state index contributed by atoms with van der Waals surface area (Å²) in [5.41, 5.74) is 1.66. The molecule has 0 unspecified atom stereocenters. The monoisotopic (exact) mass is 318 g/mol. The van der Waals surface area contributed by atoms with Gasteiger partial charge in [0.25, 0.3) is 0 Å². The van der Waals surface area contributed by atoms with Crippen molar-refractivity contribution in [2.75, 3.05) is 26.2 Å². The van der Waals surface area contributed by atoms with Gasteiger partial charge < -0.3 is 15.0 Å². The van der Waals surface area contributed by atoms with Crippen LogP contribution in [-0.2, 0) is 16.1 Å². The molecule has 6 heteroatoms. The summed E-state index contributed by atoms with van der Waals surface area (Å²) < 4.78 is 5.96. The zero-order valence-corrected chi connectivity index (χ0v) is 14.0. The molecule has 1 aromatic rings. The Morgan fingerprint density at radius 3 is 3.04 bits per heavy atom. The standard InChI is InChI=1S/C17H26N4O2/c1-3-21-5-4-16-13(10-21)6-14(11-23-16)17(22)20-9-15-8-18-12(2)7-19-15/h7-8,13-14,16H,3-6,9-11H2,1-2H3,(H,20,22)/t13-,14-,16+/m1/s1. The van der Waals surface area contributed by atoms with Crippen LogP contribution in [0.15, 0.2) is 12.4 Å². The summed E-state index contributed by atoms with van der Waals surface area (Å²) in [7, 11) is 0. The van der Waals surface area contributed by atoms with E-state index in [0.717, 1.165) is 43.9 Å². The molecule has 2 saturated heterocycles. The molecule has 0 aromatic carbocycles. The first-order valence-electron chi connectivity index (χ1n) is 8.55. The molecule has 3 atom stereocenters. The van der Waals surface area contributed by atoms with Gasteiger partial charge in [0.2, 0.25) is 5.91 Å². The summed E-state index contributed by atoms with van der Waals surface area (Å²) in [6.45, 7) is 8.30. The minimum atomic E-state index is -0.0496. The van der Waals surface area contributed by atoms with Crippen molar-refractivity contribution in [1.82, 2.24) is 20.2 Å². The van der Waals surface area contributed by atoms with Crippen LogP contribution in [0.4, 0.5) is 0 Å². The van der Waals surface area contributed by atoms with Crippen molar-refractivity contribution in [1.29, 1.82) is 0 Å². The number of likely N-dealkylation sites (tertiary alicyclic amines) is 1. The van der Waals surface area contributed by atoms with Gasteiger partial charge in [0.05, 0.1) is 42.8 Å². The summed E-state index contributed by atoms with van der Waals surface area (Å²) in [6.07, 6.45) is 5.78. The Labute approximate surface area is 137 Å². The fourth-order valence-electron chi connectivity index (χ4n) is 3.51. The largest absolute Gasteiger partial charge is 0.377 e. The lowest BCUT2D eigenvalue weighted by atomic mass is 9.83. The lowest BCUT2D eigenvalue weighted by Crippen LogP contribution is -2.50. The highest BCUT2D eigenvalue weighted by Crippen LogP contribution is 2.31. The predicted octanol–water partition coefficient (Wildman–Crippen LogP) is 1.15. The number of fused-ring (bicyclic) bond motifs is 1. The third-order valence-corrected chi connectivity index (χ3v) is 4.94. The molecule has 1 amide bonds. The molecule has 0 aliphatic carbocycles. The molecular formula is C17H26N4O2. The molecule has 0 spiro atoms. The highest BCUT2D eigenvalue weighted by atomic mass is 16.5. The molecule has 6 nitrogen and oxygen atoms in total. The number of rotatable bonds is 4. The van der Waals surface area contributed by atoms with Gasteiger partial charge in [-0.2, -0.15) is 0 Å². The molecule has 23 heavy (non-hydrogen) atoms. The van der Waals surface area contributed by atoms with Gasteiger partial charge in [-0.25, -0.2) is 0 Å². The lowest BCUT2D eigenvalue weighted by Gasteiger charge is -2.42. The van der Waals surface area contributed by atoms with E-state index in [1.165, 1.54) is 0 Å². The molecular weight excluding hydrogens is 292 g/mol. The number of aromatic nitrogens is 2. The second-order valence-corrected chi connectivity index (χ2v) is 6.61. The molecule has 2 aliphatic heterocycles. The number of hydrogen-bond acceptors (Lipinski definition) is 5. The Hall–Kier alpha value is -1.53. The van der Waals surface area contributed by atoms with E-state index in [2.05, 4.69) is 27.1 Å². The minimum Gasteiger partial charge on any atom is -0.377 e. The SMILES string of the molecule is CCN1CC[C@@H]2OC[C@H](C(=O)NCc3cnc(C)cn3)C[C@@H]2C1. The van der Waals surface area contributed by atoms with E-state index in [-0.39, 0.29) is 11.8 Å². The van der Waals surface area contributed by atoms with E-state index in [1.807, 2.05) is 6.92 Å². The zero-order valence-electron chi connectivity index (χ0n) is 14.0. The molecule has 0 saturated carbocycles. The summed E-state index contributed by atoms with van der Waals surface area (Å²) in [5.74, 6) is 0.498. The molecule has 0 bridgehead atoms. The number of aryl methyl sites for hydroxylation is 1. The normalized spacial score (nSPS) is 28.2. The molecule has 126 valence electrons. The van der Waals surface area contributed by atoms with Gasteiger partial charge in [0.1, 0.15) is 0 Å². The van der Waals surface area contributed by atoms with E-state index in [0.29, 0.717) is 25.2 Å². The predicted molar refractivity (Wildman–Crippen MR) is 86.7 cm³/mol. The van der Waals surface area contributed by atoms with Crippen LogP contribution < -0.4 is 5.32 Å². The second-order valence-electron chi connectivity index (χ2n) is 6.61. The molecule has 0 radical (unpaired) electrons. The maximum absolute atomic E-state index is 12.4. The van der Waals surface area contributed by atoms with Crippen LogP contribution in [0, 0.1) is 18.8 Å². The summed E-state index contributed by atoms with van der Waals surface area (Å²) in [6, 6.07) is 0. The summed E-state index contributed by atoms with van der Waals surface area (Å²) in [4.78, 5) is 23.3. The van der Waals surface area contributed by atoms with Gasteiger partial charge in [-0.05, 0) is 32.2 Å². The van der Waals surface area contributed by atoms with Crippen LogP contribution in [0.25, 0.3) is 0 Å². The quantitative estimate of drug-likeness (QED) is 0.902. The number of nitrogens with one attached hydrogen (secondary N) is 1. The fourth-order valence-corrected chi connectivity index (χ4v) is 3.51. The fraction of sp³-hybridized carbons (Fsp3) is 0.706. The molecule has 3 heterocycles. The lowest BCUT2D eigenvalue weighted by molar-refractivity contribution is -0.139. The second kappa shape index (κ2) is 7.36. The molecule has 1 N–H and O–H groups in total. The van der Waals surface area contributed by atoms with Gasteiger partial charge in [-0.15, -0.1) is 0 Å². The number of ether oxygens (including phenoxy) is 1. The smallest absolute Gasteiger partial charge is 0.225 e. The Kier molecular flexibility index (Phi) is 5.23. The molecule has 2 fully saturated rings. The van der Waals surface area contributed by atoms with Crippen LogP contribution in [0.1, 0.15) is 31.2 Å². The van der Waals surface area contributed by atoms with Gasteiger partial charge in [0, 0.05) is 19.3 Å². The minimum absolute atomic E-state index is 0.0496. The maximum atomic E-state index is 12.4. The summed E-state index contributed by atoms with van der Waals surface area (Å²) >= 11 is 0. The van der Waals surface area contributed by atoms with Crippen molar-refractivity contribution < 1.29 is 9.53 Å². The van der Waals surface area contributed by atoms with E-state index >= 15 is 0 Å². The number of carbonyl (C=O) groups excluding carboxylic acids is 1. The Balaban J connectivity index is 1.50. The number of carbonyl (C=O) groups is 1.